The number of aromatic nitrogens is 2. The average molecular weight is 223 g/mol. The Hall–Kier alpha value is -1.29. The number of likely N-dealkylation sites (N-methyl/N-ethyl adjacent to an activating group) is 1. The molecule has 0 aliphatic heterocycles. The third-order valence-corrected chi connectivity index (χ3v) is 2.49. The van der Waals surface area contributed by atoms with Crippen LogP contribution in [0.25, 0.3) is 0 Å². The van der Waals surface area contributed by atoms with E-state index in [2.05, 4.69) is 23.9 Å². The molecule has 0 aliphatic rings. The van der Waals surface area contributed by atoms with E-state index >= 15 is 0 Å². The predicted octanol–water partition coefficient (Wildman–Crippen LogP) is 1.58. The van der Waals surface area contributed by atoms with Gasteiger partial charge in [-0.3, -0.25) is 4.68 Å². The SMILES string of the molecule is C=C(CNCC)COc1c(C)nn(C)c1C. The second-order valence-corrected chi connectivity index (χ2v) is 3.94. The Balaban J connectivity index is 2.51. The van der Waals surface area contributed by atoms with Gasteiger partial charge in [-0.25, -0.2) is 0 Å². The van der Waals surface area contributed by atoms with Crippen LogP contribution in [0.15, 0.2) is 12.2 Å². The van der Waals surface area contributed by atoms with Gasteiger partial charge in [0.25, 0.3) is 0 Å². The zero-order valence-corrected chi connectivity index (χ0v) is 10.6. The van der Waals surface area contributed by atoms with Gasteiger partial charge in [-0.1, -0.05) is 13.5 Å². The lowest BCUT2D eigenvalue weighted by atomic mass is 10.3. The van der Waals surface area contributed by atoms with Gasteiger partial charge in [-0.2, -0.15) is 5.10 Å². The molecule has 0 aliphatic carbocycles. The highest BCUT2D eigenvalue weighted by molar-refractivity contribution is 5.32. The van der Waals surface area contributed by atoms with Gasteiger partial charge in [-0.15, -0.1) is 0 Å². The van der Waals surface area contributed by atoms with Crippen LogP contribution in [0.1, 0.15) is 18.3 Å². The standard InChI is InChI=1S/C12H21N3O/c1-6-13-7-9(2)8-16-12-10(3)14-15(5)11(12)4/h13H,2,6-8H2,1,3-5H3. The summed E-state index contributed by atoms with van der Waals surface area (Å²) >= 11 is 0. The second kappa shape index (κ2) is 5.70. The van der Waals surface area contributed by atoms with Gasteiger partial charge < -0.3 is 10.1 Å². The molecule has 1 N–H and O–H groups in total. The minimum absolute atomic E-state index is 0.542. The van der Waals surface area contributed by atoms with Gasteiger partial charge in [0.2, 0.25) is 0 Å². The zero-order valence-electron chi connectivity index (χ0n) is 10.6. The van der Waals surface area contributed by atoms with Crippen LogP contribution in [-0.2, 0) is 7.05 Å². The third-order valence-electron chi connectivity index (χ3n) is 2.49. The van der Waals surface area contributed by atoms with Crippen LogP contribution in [0, 0.1) is 13.8 Å². The van der Waals surface area contributed by atoms with Crippen LogP contribution in [0.5, 0.6) is 5.75 Å². The fourth-order valence-electron chi connectivity index (χ4n) is 1.49. The number of aryl methyl sites for hydroxylation is 2. The molecule has 0 amide bonds. The fourth-order valence-corrected chi connectivity index (χ4v) is 1.49. The molecule has 0 radical (unpaired) electrons. The first-order valence-electron chi connectivity index (χ1n) is 5.56. The van der Waals surface area contributed by atoms with Crippen molar-refractivity contribution in [3.63, 3.8) is 0 Å². The zero-order chi connectivity index (χ0) is 12.1. The number of hydrogen-bond acceptors (Lipinski definition) is 3. The predicted molar refractivity (Wildman–Crippen MR) is 65.9 cm³/mol. The van der Waals surface area contributed by atoms with Gasteiger partial charge >= 0.3 is 0 Å². The van der Waals surface area contributed by atoms with Gasteiger partial charge in [-0.05, 0) is 26.0 Å². The molecule has 4 nitrogen and oxygen atoms in total. The molecule has 1 aromatic heterocycles. The van der Waals surface area contributed by atoms with E-state index in [0.717, 1.165) is 35.8 Å². The molecule has 0 fully saturated rings. The highest BCUT2D eigenvalue weighted by Crippen LogP contribution is 2.21. The van der Waals surface area contributed by atoms with Crippen molar-refractivity contribution in [1.29, 1.82) is 0 Å². The Bertz CT molecular complexity index is 369. The maximum absolute atomic E-state index is 5.72. The fraction of sp³-hybridized carbons (Fsp3) is 0.583. The Kier molecular flexibility index (Phi) is 4.55. The molecular weight excluding hydrogens is 202 g/mol. The van der Waals surface area contributed by atoms with E-state index in [9.17, 15) is 0 Å². The van der Waals surface area contributed by atoms with Crippen LogP contribution < -0.4 is 10.1 Å². The van der Waals surface area contributed by atoms with E-state index in [1.807, 2.05) is 25.6 Å². The van der Waals surface area contributed by atoms with E-state index in [4.69, 9.17) is 4.74 Å². The molecule has 0 aromatic carbocycles. The number of ether oxygens (including phenoxy) is 1. The van der Waals surface area contributed by atoms with E-state index in [0.29, 0.717) is 6.61 Å². The van der Waals surface area contributed by atoms with Crippen LogP contribution in [0.4, 0.5) is 0 Å². The number of hydrogen-bond donors (Lipinski definition) is 1. The maximum Gasteiger partial charge on any atom is 0.163 e. The summed E-state index contributed by atoms with van der Waals surface area (Å²) < 4.78 is 7.56. The number of nitrogens with one attached hydrogen (secondary N) is 1. The largest absolute Gasteiger partial charge is 0.485 e. The van der Waals surface area contributed by atoms with Crippen molar-refractivity contribution in [2.75, 3.05) is 19.7 Å². The first kappa shape index (κ1) is 12.8. The van der Waals surface area contributed by atoms with Gasteiger partial charge in [0.05, 0.1) is 5.69 Å². The molecule has 0 atom stereocenters. The van der Waals surface area contributed by atoms with Gasteiger partial charge in [0.1, 0.15) is 12.3 Å². The summed E-state index contributed by atoms with van der Waals surface area (Å²) in [5.41, 5.74) is 3.02. The number of rotatable bonds is 6. The van der Waals surface area contributed by atoms with Crippen LogP contribution in [0.2, 0.25) is 0 Å². The third kappa shape index (κ3) is 3.10. The van der Waals surface area contributed by atoms with Crippen molar-refractivity contribution in [2.45, 2.75) is 20.8 Å². The van der Waals surface area contributed by atoms with Crippen molar-refractivity contribution in [3.8, 4) is 5.75 Å². The molecule has 1 aromatic rings. The van der Waals surface area contributed by atoms with Crippen LogP contribution in [0.3, 0.4) is 0 Å². The van der Waals surface area contributed by atoms with Gasteiger partial charge in [0, 0.05) is 13.6 Å². The maximum atomic E-state index is 5.72. The van der Waals surface area contributed by atoms with E-state index in [1.54, 1.807) is 0 Å². The summed E-state index contributed by atoms with van der Waals surface area (Å²) in [5.74, 6) is 0.875. The Morgan fingerprint density at radius 2 is 2.19 bits per heavy atom. The molecular formula is C12H21N3O. The molecule has 0 saturated heterocycles. The molecule has 0 spiro atoms. The lowest BCUT2D eigenvalue weighted by Crippen LogP contribution is -2.19. The lowest BCUT2D eigenvalue weighted by Gasteiger charge is -2.09. The molecule has 0 unspecified atom stereocenters. The van der Waals surface area contributed by atoms with Crippen molar-refractivity contribution in [3.05, 3.63) is 23.5 Å². The summed E-state index contributed by atoms with van der Waals surface area (Å²) in [6, 6.07) is 0. The quantitative estimate of drug-likeness (QED) is 0.744. The summed E-state index contributed by atoms with van der Waals surface area (Å²) in [6.45, 7) is 12.3. The average Bonchev–Trinajstić information content (AvgIpc) is 2.48. The highest BCUT2D eigenvalue weighted by Gasteiger charge is 2.10. The first-order valence-corrected chi connectivity index (χ1v) is 5.56. The van der Waals surface area contributed by atoms with Gasteiger partial charge in [0.15, 0.2) is 5.75 Å². The molecule has 1 heterocycles. The summed E-state index contributed by atoms with van der Waals surface area (Å²) in [4.78, 5) is 0. The monoisotopic (exact) mass is 223 g/mol. The van der Waals surface area contributed by atoms with Crippen molar-refractivity contribution in [2.24, 2.45) is 7.05 Å². The van der Waals surface area contributed by atoms with E-state index in [1.165, 1.54) is 0 Å². The van der Waals surface area contributed by atoms with Crippen LogP contribution in [-0.4, -0.2) is 29.5 Å². The second-order valence-electron chi connectivity index (χ2n) is 3.94. The molecule has 1 rings (SSSR count). The molecule has 0 saturated carbocycles. The molecule has 4 heteroatoms. The summed E-state index contributed by atoms with van der Waals surface area (Å²) in [6.07, 6.45) is 0. The van der Waals surface area contributed by atoms with Crippen molar-refractivity contribution >= 4 is 0 Å². The van der Waals surface area contributed by atoms with Crippen molar-refractivity contribution in [1.82, 2.24) is 15.1 Å². The molecule has 0 bridgehead atoms. The Morgan fingerprint density at radius 3 is 2.69 bits per heavy atom. The smallest absolute Gasteiger partial charge is 0.163 e. The summed E-state index contributed by atoms with van der Waals surface area (Å²) in [7, 11) is 1.92. The Morgan fingerprint density at radius 1 is 1.50 bits per heavy atom. The first-order chi connectivity index (χ1) is 7.56. The lowest BCUT2D eigenvalue weighted by molar-refractivity contribution is 0.343. The van der Waals surface area contributed by atoms with Crippen LogP contribution >= 0.6 is 0 Å². The molecule has 16 heavy (non-hydrogen) atoms. The normalized spacial score (nSPS) is 10.5. The van der Waals surface area contributed by atoms with Crippen molar-refractivity contribution < 1.29 is 4.74 Å². The topological polar surface area (TPSA) is 39.1 Å². The van der Waals surface area contributed by atoms with E-state index < -0.39 is 0 Å². The molecule has 90 valence electrons. The minimum Gasteiger partial charge on any atom is -0.485 e. The Labute approximate surface area is 97.3 Å². The summed E-state index contributed by atoms with van der Waals surface area (Å²) in [5, 5.41) is 7.52. The van der Waals surface area contributed by atoms with E-state index in [-0.39, 0.29) is 0 Å². The number of nitrogens with zero attached hydrogens (tertiary/aromatic N) is 2. The highest BCUT2D eigenvalue weighted by atomic mass is 16.5. The minimum atomic E-state index is 0.542.